The molecule has 2 aliphatic heterocycles. The molecule has 0 radical (unpaired) electrons. The maximum Gasteiger partial charge on any atom is 0.306 e. The van der Waals surface area contributed by atoms with Crippen molar-refractivity contribution in [2.75, 3.05) is 26.4 Å². The van der Waals surface area contributed by atoms with E-state index in [4.69, 9.17) is 28.4 Å². The van der Waals surface area contributed by atoms with Crippen LogP contribution in [0.25, 0.3) is 0 Å². The Kier molecular flexibility index (Phi) is 38.3. The van der Waals surface area contributed by atoms with Crippen LogP contribution in [0.3, 0.4) is 0 Å². The number of allylic oxidation sites excluding steroid dienone is 2. The van der Waals surface area contributed by atoms with E-state index in [-0.39, 0.29) is 26.1 Å². The van der Waals surface area contributed by atoms with Crippen molar-refractivity contribution >= 4 is 11.9 Å². The van der Waals surface area contributed by atoms with Crippen LogP contribution >= 0.6 is 0 Å². The van der Waals surface area contributed by atoms with Crippen LogP contribution in [0.15, 0.2) is 12.2 Å². The molecule has 2 aliphatic rings. The summed E-state index contributed by atoms with van der Waals surface area (Å²) in [6.45, 7) is 2.62. The molecule has 2 saturated heterocycles. The first-order chi connectivity index (χ1) is 33.5. The third-order valence-corrected chi connectivity index (χ3v) is 13.5. The summed E-state index contributed by atoms with van der Waals surface area (Å²) in [5.41, 5.74) is 0. The minimum absolute atomic E-state index is 0.167. The molecule has 0 aromatic carbocycles. The molecular weight excluding hydrogens is 889 g/mol. The van der Waals surface area contributed by atoms with E-state index in [1.165, 1.54) is 148 Å². The molecule has 0 amide bonds. The van der Waals surface area contributed by atoms with Crippen LogP contribution in [-0.2, 0) is 38.0 Å². The molecule has 0 aromatic heterocycles. The second-order valence-electron chi connectivity index (χ2n) is 19.8. The molecule has 2 heterocycles. The predicted octanol–water partition coefficient (Wildman–Crippen LogP) is 8.55. The number of esters is 2. The average Bonchev–Trinajstić information content (AvgIpc) is 3.34. The van der Waals surface area contributed by atoms with E-state index in [9.17, 15) is 45.3 Å². The summed E-state index contributed by atoms with van der Waals surface area (Å²) in [6, 6.07) is 0. The standard InChI is InChI=1S/C54H100O15/c1-3-5-7-9-11-13-15-17-18-19-20-21-22-23-24-25-27-29-31-33-35-37-46(57)67-42(39-64-45(56)36-34-32-30-28-26-16-14-12-10-8-6-4-2)40-65-53-52(63)50(61)48(59)44(69-53)41-66-54-51(62)49(60)47(58)43(38-55)68-54/h19-20,42-44,47-55,58-63H,3-18,21-41H2,1-2H3/b20-19-. The van der Waals surface area contributed by atoms with E-state index in [2.05, 4.69) is 26.0 Å². The molecule has 2 fully saturated rings. The van der Waals surface area contributed by atoms with Gasteiger partial charge in [0, 0.05) is 12.8 Å². The fourth-order valence-electron chi connectivity index (χ4n) is 8.92. The number of aliphatic hydroxyl groups is 7. The summed E-state index contributed by atoms with van der Waals surface area (Å²) < 4.78 is 33.6. The van der Waals surface area contributed by atoms with Gasteiger partial charge >= 0.3 is 11.9 Å². The summed E-state index contributed by atoms with van der Waals surface area (Å²) in [7, 11) is 0. The highest BCUT2D eigenvalue weighted by atomic mass is 16.7. The molecule has 0 spiro atoms. The van der Waals surface area contributed by atoms with Gasteiger partial charge < -0.3 is 64.2 Å². The maximum absolute atomic E-state index is 13.0. The summed E-state index contributed by atoms with van der Waals surface area (Å²) in [6.07, 6.45) is 25.2. The number of hydrogen-bond donors (Lipinski definition) is 7. The third kappa shape index (κ3) is 29.5. The van der Waals surface area contributed by atoms with Gasteiger partial charge in [0.05, 0.1) is 19.8 Å². The molecule has 0 aliphatic carbocycles. The summed E-state index contributed by atoms with van der Waals surface area (Å²) >= 11 is 0. The summed E-state index contributed by atoms with van der Waals surface area (Å²) in [5.74, 6) is -0.916. The van der Waals surface area contributed by atoms with Gasteiger partial charge in [-0.05, 0) is 38.5 Å². The van der Waals surface area contributed by atoms with Gasteiger partial charge in [0.1, 0.15) is 55.4 Å². The first-order valence-corrected chi connectivity index (χ1v) is 27.8. The summed E-state index contributed by atoms with van der Waals surface area (Å²) in [4.78, 5) is 25.8. The maximum atomic E-state index is 13.0. The van der Waals surface area contributed by atoms with Crippen LogP contribution in [0.5, 0.6) is 0 Å². The van der Waals surface area contributed by atoms with E-state index < -0.39 is 92.7 Å². The molecule has 11 unspecified atom stereocenters. The van der Waals surface area contributed by atoms with E-state index in [0.29, 0.717) is 12.8 Å². The van der Waals surface area contributed by atoms with Crippen molar-refractivity contribution in [2.24, 2.45) is 0 Å². The number of hydrogen-bond acceptors (Lipinski definition) is 15. The largest absolute Gasteiger partial charge is 0.462 e. The zero-order valence-electron chi connectivity index (χ0n) is 43.1. The van der Waals surface area contributed by atoms with Gasteiger partial charge in [0.2, 0.25) is 0 Å². The molecule has 69 heavy (non-hydrogen) atoms. The second kappa shape index (κ2) is 41.7. The van der Waals surface area contributed by atoms with E-state index in [0.717, 1.165) is 38.5 Å². The molecule has 406 valence electrons. The van der Waals surface area contributed by atoms with E-state index in [1.54, 1.807) is 0 Å². The van der Waals surface area contributed by atoms with Crippen molar-refractivity contribution < 1.29 is 73.8 Å². The molecule has 0 saturated carbocycles. The molecule has 0 aromatic rings. The Morgan fingerprint density at radius 3 is 1.28 bits per heavy atom. The molecule has 11 atom stereocenters. The Morgan fingerprint density at radius 1 is 0.449 bits per heavy atom. The topological polar surface area (TPSA) is 231 Å². The first kappa shape index (κ1) is 63.4. The van der Waals surface area contributed by atoms with Gasteiger partial charge in [0.25, 0.3) is 0 Å². The number of rotatable bonds is 44. The Labute approximate surface area is 416 Å². The van der Waals surface area contributed by atoms with Gasteiger partial charge in [-0.3, -0.25) is 9.59 Å². The minimum atomic E-state index is -1.76. The van der Waals surface area contributed by atoms with Gasteiger partial charge in [-0.2, -0.15) is 0 Å². The van der Waals surface area contributed by atoms with E-state index >= 15 is 0 Å². The van der Waals surface area contributed by atoms with Crippen LogP contribution < -0.4 is 0 Å². The lowest BCUT2D eigenvalue weighted by Gasteiger charge is -2.42. The molecule has 0 bridgehead atoms. The lowest BCUT2D eigenvalue weighted by molar-refractivity contribution is -0.332. The molecule has 7 N–H and O–H groups in total. The summed E-state index contributed by atoms with van der Waals surface area (Å²) in [5, 5.41) is 72.1. The normalized spacial score (nSPS) is 25.6. The monoisotopic (exact) mass is 989 g/mol. The predicted molar refractivity (Wildman–Crippen MR) is 266 cm³/mol. The fraction of sp³-hybridized carbons (Fsp3) is 0.926. The van der Waals surface area contributed by atoms with Crippen LogP contribution in [0, 0.1) is 0 Å². The Morgan fingerprint density at radius 2 is 0.826 bits per heavy atom. The lowest BCUT2D eigenvalue weighted by atomic mass is 9.98. The fourth-order valence-corrected chi connectivity index (χ4v) is 8.92. The highest BCUT2D eigenvalue weighted by Gasteiger charge is 2.47. The zero-order chi connectivity index (χ0) is 50.3. The Bertz CT molecular complexity index is 1250. The highest BCUT2D eigenvalue weighted by Crippen LogP contribution is 2.27. The third-order valence-electron chi connectivity index (χ3n) is 13.5. The van der Waals surface area contributed by atoms with Crippen molar-refractivity contribution in [3.05, 3.63) is 12.2 Å². The van der Waals surface area contributed by atoms with Gasteiger partial charge in [-0.1, -0.05) is 187 Å². The molecule has 2 rings (SSSR count). The van der Waals surface area contributed by atoms with Crippen molar-refractivity contribution in [3.63, 3.8) is 0 Å². The molecular formula is C54H100O15. The molecule has 15 heteroatoms. The number of unbranched alkanes of at least 4 members (excludes halogenated alkanes) is 28. The van der Waals surface area contributed by atoms with Crippen LogP contribution in [-0.4, -0.2) is 142 Å². The SMILES string of the molecule is CCCCCCCCCC/C=C\CCCCCCCCCCCC(=O)OC(COC(=O)CCCCCCCCCCCCCC)COC1OC(COC2OC(CO)C(O)C(O)C2O)C(O)C(O)C1O. The molecule has 15 nitrogen and oxygen atoms in total. The van der Waals surface area contributed by atoms with Crippen molar-refractivity contribution in [2.45, 2.75) is 293 Å². The lowest BCUT2D eigenvalue weighted by Crippen LogP contribution is -2.61. The highest BCUT2D eigenvalue weighted by molar-refractivity contribution is 5.70. The van der Waals surface area contributed by atoms with Crippen molar-refractivity contribution in [3.8, 4) is 0 Å². The number of ether oxygens (including phenoxy) is 6. The van der Waals surface area contributed by atoms with Crippen molar-refractivity contribution in [1.29, 1.82) is 0 Å². The Balaban J connectivity index is 1.75. The number of carbonyl (C=O) groups is 2. The van der Waals surface area contributed by atoms with Crippen molar-refractivity contribution in [1.82, 2.24) is 0 Å². The van der Waals surface area contributed by atoms with E-state index in [1.807, 2.05) is 0 Å². The average molecular weight is 989 g/mol. The number of carbonyl (C=O) groups excluding carboxylic acids is 2. The van der Waals surface area contributed by atoms with Crippen LogP contribution in [0.2, 0.25) is 0 Å². The van der Waals surface area contributed by atoms with Crippen LogP contribution in [0.4, 0.5) is 0 Å². The minimum Gasteiger partial charge on any atom is -0.462 e. The van der Waals surface area contributed by atoms with Crippen LogP contribution in [0.1, 0.15) is 226 Å². The number of aliphatic hydroxyl groups excluding tert-OH is 7. The van der Waals surface area contributed by atoms with Gasteiger partial charge in [0.15, 0.2) is 18.7 Å². The first-order valence-electron chi connectivity index (χ1n) is 27.8. The quantitative estimate of drug-likeness (QED) is 0.0172. The Hall–Kier alpha value is -1.76. The zero-order valence-corrected chi connectivity index (χ0v) is 43.1. The van der Waals surface area contributed by atoms with Gasteiger partial charge in [-0.25, -0.2) is 0 Å². The smallest absolute Gasteiger partial charge is 0.306 e. The second-order valence-corrected chi connectivity index (χ2v) is 19.8. The van der Waals surface area contributed by atoms with Gasteiger partial charge in [-0.15, -0.1) is 0 Å².